The predicted molar refractivity (Wildman–Crippen MR) is 72.5 cm³/mol. The number of benzene rings is 1. The molecule has 2 aromatic heterocycles. The summed E-state index contributed by atoms with van der Waals surface area (Å²) in [6, 6.07) is 11.7. The number of nitrogens with one attached hydrogen (secondary N) is 1. The average Bonchev–Trinajstić information content (AvgIpc) is 2.84. The lowest BCUT2D eigenvalue weighted by atomic mass is 10.3. The zero-order valence-electron chi connectivity index (χ0n) is 11.0. The Balaban J connectivity index is 2.11. The number of hydrogen-bond donors (Lipinski definition) is 1. The number of hydrogen-bond acceptors (Lipinski definition) is 3. The molecule has 3 rings (SSSR count). The van der Waals surface area contributed by atoms with E-state index in [0.717, 1.165) is 16.3 Å². The molecule has 0 amide bonds. The van der Waals surface area contributed by atoms with E-state index < -0.39 is 11.9 Å². The van der Waals surface area contributed by atoms with Crippen LogP contribution < -0.4 is 5.32 Å². The molecule has 0 aliphatic carbocycles. The third-order valence-electron chi connectivity index (χ3n) is 2.89. The van der Waals surface area contributed by atoms with Gasteiger partial charge in [-0.1, -0.05) is 18.2 Å². The molecule has 0 spiro atoms. The summed E-state index contributed by atoms with van der Waals surface area (Å²) in [6.07, 6.45) is -4.49. The fourth-order valence-corrected chi connectivity index (χ4v) is 2.00. The monoisotopic (exact) mass is 292 g/mol. The van der Waals surface area contributed by atoms with E-state index in [1.54, 1.807) is 13.0 Å². The van der Waals surface area contributed by atoms with Crippen LogP contribution in [0.5, 0.6) is 0 Å². The highest BCUT2D eigenvalue weighted by Gasteiger charge is 2.34. The molecule has 4 nitrogen and oxygen atoms in total. The molecule has 108 valence electrons. The van der Waals surface area contributed by atoms with E-state index >= 15 is 0 Å². The fourth-order valence-electron chi connectivity index (χ4n) is 2.00. The van der Waals surface area contributed by atoms with Crippen molar-refractivity contribution in [2.45, 2.75) is 13.1 Å². The van der Waals surface area contributed by atoms with Crippen molar-refractivity contribution in [3.8, 4) is 0 Å². The summed E-state index contributed by atoms with van der Waals surface area (Å²) in [4.78, 5) is 4.07. The number of nitrogens with zero attached hydrogens (tertiary/aromatic N) is 3. The van der Waals surface area contributed by atoms with Gasteiger partial charge in [-0.15, -0.1) is 0 Å². The standard InChI is InChI=1S/C14H11F3N4/c1-9-7-12(19-10-5-3-2-4-6-10)21-13(18-9)8-11(20-21)14(15,16)17/h2-8,19H,1H3. The summed E-state index contributed by atoms with van der Waals surface area (Å²) in [5.74, 6) is 0.430. The lowest BCUT2D eigenvalue weighted by Gasteiger charge is -2.09. The molecule has 3 aromatic rings. The van der Waals surface area contributed by atoms with Gasteiger partial charge in [0, 0.05) is 23.5 Å². The van der Waals surface area contributed by atoms with Crippen molar-refractivity contribution in [1.82, 2.24) is 14.6 Å². The molecule has 0 atom stereocenters. The van der Waals surface area contributed by atoms with Gasteiger partial charge in [-0.2, -0.15) is 22.8 Å². The molecule has 21 heavy (non-hydrogen) atoms. The van der Waals surface area contributed by atoms with Crippen LogP contribution in [0, 0.1) is 6.92 Å². The molecule has 2 heterocycles. The lowest BCUT2D eigenvalue weighted by Crippen LogP contribution is -2.07. The maximum absolute atomic E-state index is 12.8. The van der Waals surface area contributed by atoms with Gasteiger partial charge in [-0.05, 0) is 19.1 Å². The minimum absolute atomic E-state index is 0.153. The van der Waals surface area contributed by atoms with Crippen LogP contribution in [-0.4, -0.2) is 14.6 Å². The largest absolute Gasteiger partial charge is 0.435 e. The molecule has 0 fully saturated rings. The van der Waals surface area contributed by atoms with E-state index in [2.05, 4.69) is 15.4 Å². The number of aromatic nitrogens is 3. The molecule has 7 heteroatoms. The number of aryl methyl sites for hydroxylation is 1. The smallest absolute Gasteiger partial charge is 0.340 e. The Morgan fingerprint density at radius 1 is 1.10 bits per heavy atom. The summed E-state index contributed by atoms with van der Waals surface area (Å²) < 4.78 is 39.4. The first-order chi connectivity index (χ1) is 9.93. The van der Waals surface area contributed by atoms with Crippen LogP contribution in [0.25, 0.3) is 5.65 Å². The zero-order chi connectivity index (χ0) is 15.0. The van der Waals surface area contributed by atoms with Crippen LogP contribution >= 0.6 is 0 Å². The molecule has 1 N–H and O–H groups in total. The highest BCUT2D eigenvalue weighted by atomic mass is 19.4. The van der Waals surface area contributed by atoms with Gasteiger partial charge in [0.25, 0.3) is 0 Å². The van der Waals surface area contributed by atoms with Crippen LogP contribution in [0.1, 0.15) is 11.4 Å². The van der Waals surface area contributed by atoms with Crippen molar-refractivity contribution in [1.29, 1.82) is 0 Å². The Hall–Kier alpha value is -2.57. The van der Waals surface area contributed by atoms with Crippen molar-refractivity contribution in [2.24, 2.45) is 0 Å². The van der Waals surface area contributed by atoms with Gasteiger partial charge in [0.1, 0.15) is 5.82 Å². The van der Waals surface area contributed by atoms with Crippen molar-refractivity contribution < 1.29 is 13.2 Å². The molecule has 0 saturated heterocycles. The normalized spacial score (nSPS) is 11.8. The van der Waals surface area contributed by atoms with Crippen LogP contribution in [0.2, 0.25) is 0 Å². The molecule has 0 bridgehead atoms. The first kappa shape index (κ1) is 13.4. The quantitative estimate of drug-likeness (QED) is 0.781. The van der Waals surface area contributed by atoms with Gasteiger partial charge in [0.15, 0.2) is 11.3 Å². The Bertz CT molecular complexity index is 778. The fraction of sp³-hybridized carbons (Fsp3) is 0.143. The summed E-state index contributed by atoms with van der Waals surface area (Å²) in [7, 11) is 0. The third kappa shape index (κ3) is 2.67. The summed E-state index contributed by atoms with van der Waals surface area (Å²) in [6.45, 7) is 1.72. The second kappa shape index (κ2) is 4.76. The number of halogens is 3. The molecule has 1 aromatic carbocycles. The van der Waals surface area contributed by atoms with E-state index in [1.165, 1.54) is 0 Å². The highest BCUT2D eigenvalue weighted by molar-refractivity contribution is 5.60. The van der Waals surface area contributed by atoms with Gasteiger partial charge in [0.2, 0.25) is 0 Å². The predicted octanol–water partition coefficient (Wildman–Crippen LogP) is 3.80. The first-order valence-electron chi connectivity index (χ1n) is 6.20. The van der Waals surface area contributed by atoms with Crippen LogP contribution in [0.4, 0.5) is 24.7 Å². The van der Waals surface area contributed by atoms with E-state index in [0.29, 0.717) is 11.5 Å². The second-order valence-electron chi connectivity index (χ2n) is 4.57. The van der Waals surface area contributed by atoms with Crippen LogP contribution in [0.3, 0.4) is 0 Å². The Labute approximate surface area is 118 Å². The van der Waals surface area contributed by atoms with E-state index in [9.17, 15) is 13.2 Å². The van der Waals surface area contributed by atoms with Crippen LogP contribution in [0.15, 0.2) is 42.5 Å². The zero-order valence-corrected chi connectivity index (χ0v) is 11.0. The van der Waals surface area contributed by atoms with Crippen molar-refractivity contribution >= 4 is 17.2 Å². The number of para-hydroxylation sites is 1. The third-order valence-corrected chi connectivity index (χ3v) is 2.89. The molecular formula is C14H11F3N4. The van der Waals surface area contributed by atoms with Crippen molar-refractivity contribution in [2.75, 3.05) is 5.32 Å². The van der Waals surface area contributed by atoms with E-state index in [-0.39, 0.29) is 5.65 Å². The second-order valence-corrected chi connectivity index (χ2v) is 4.57. The molecule has 0 saturated carbocycles. The molecule has 0 radical (unpaired) electrons. The maximum atomic E-state index is 12.8. The SMILES string of the molecule is Cc1cc(Nc2ccccc2)n2nc(C(F)(F)F)cc2n1. The molecule has 0 aliphatic heterocycles. The summed E-state index contributed by atoms with van der Waals surface area (Å²) in [5.41, 5.74) is 0.556. The molecule has 0 unspecified atom stereocenters. The summed E-state index contributed by atoms with van der Waals surface area (Å²) in [5, 5.41) is 6.63. The average molecular weight is 292 g/mol. The minimum Gasteiger partial charge on any atom is -0.340 e. The van der Waals surface area contributed by atoms with Crippen molar-refractivity contribution in [3.63, 3.8) is 0 Å². The van der Waals surface area contributed by atoms with Gasteiger partial charge in [-0.3, -0.25) is 0 Å². The maximum Gasteiger partial charge on any atom is 0.435 e. The van der Waals surface area contributed by atoms with Crippen molar-refractivity contribution in [3.05, 3.63) is 53.9 Å². The molecular weight excluding hydrogens is 281 g/mol. The van der Waals surface area contributed by atoms with E-state index in [1.807, 2.05) is 30.3 Å². The Kier molecular flexibility index (Phi) is 3.04. The Morgan fingerprint density at radius 2 is 1.81 bits per heavy atom. The summed E-state index contributed by atoms with van der Waals surface area (Å²) >= 11 is 0. The minimum atomic E-state index is -4.49. The van der Waals surface area contributed by atoms with Gasteiger partial charge >= 0.3 is 6.18 Å². The molecule has 0 aliphatic rings. The number of anilines is 2. The lowest BCUT2D eigenvalue weighted by molar-refractivity contribution is -0.141. The Morgan fingerprint density at radius 3 is 2.48 bits per heavy atom. The van der Waals surface area contributed by atoms with Gasteiger partial charge < -0.3 is 5.32 Å². The topological polar surface area (TPSA) is 42.2 Å². The van der Waals surface area contributed by atoms with Gasteiger partial charge in [-0.25, -0.2) is 4.98 Å². The number of rotatable bonds is 2. The first-order valence-corrected chi connectivity index (χ1v) is 6.20. The van der Waals surface area contributed by atoms with E-state index in [4.69, 9.17) is 0 Å². The van der Waals surface area contributed by atoms with Gasteiger partial charge in [0.05, 0.1) is 0 Å². The number of fused-ring (bicyclic) bond motifs is 1. The van der Waals surface area contributed by atoms with Crippen LogP contribution in [-0.2, 0) is 6.18 Å². The number of alkyl halides is 3. The highest BCUT2D eigenvalue weighted by Crippen LogP contribution is 2.29.